The molecule has 86 valence electrons. The Morgan fingerprint density at radius 3 is 2.00 bits per heavy atom. The van der Waals surface area contributed by atoms with Crippen molar-refractivity contribution >= 4 is 7.60 Å². The first kappa shape index (κ1) is 14.1. The molecule has 0 aliphatic heterocycles. The highest BCUT2D eigenvalue weighted by Crippen LogP contribution is 2.48. The molecule has 0 bridgehead atoms. The number of nitrogens with zero attached hydrogens (tertiary/aromatic N) is 1. The SMILES string of the molecule is CCOP(=O)(CCCN(C)C)OCC. The van der Waals surface area contributed by atoms with Crippen LogP contribution in [0.15, 0.2) is 0 Å². The summed E-state index contributed by atoms with van der Waals surface area (Å²) in [6.45, 7) is 5.46. The van der Waals surface area contributed by atoms with Crippen LogP contribution >= 0.6 is 7.60 Å². The summed E-state index contributed by atoms with van der Waals surface area (Å²) in [6.07, 6.45) is 1.34. The van der Waals surface area contributed by atoms with E-state index in [4.69, 9.17) is 9.05 Å². The second-order valence-electron chi connectivity index (χ2n) is 3.33. The molecule has 0 N–H and O–H groups in total. The zero-order valence-corrected chi connectivity index (χ0v) is 10.5. The van der Waals surface area contributed by atoms with Crippen molar-refractivity contribution in [2.75, 3.05) is 40.0 Å². The third-order valence-corrected chi connectivity index (χ3v) is 3.86. The van der Waals surface area contributed by atoms with Crippen molar-refractivity contribution in [3.8, 4) is 0 Å². The molecular formula is C9H22NO3P. The van der Waals surface area contributed by atoms with Gasteiger partial charge in [0.25, 0.3) is 0 Å². The molecule has 0 spiro atoms. The number of hydrogen-bond donors (Lipinski definition) is 0. The summed E-state index contributed by atoms with van der Waals surface area (Å²) in [5.74, 6) is 0. The maximum atomic E-state index is 11.9. The van der Waals surface area contributed by atoms with E-state index in [1.54, 1.807) is 0 Å². The van der Waals surface area contributed by atoms with Gasteiger partial charge in [-0.25, -0.2) is 0 Å². The molecule has 0 fully saturated rings. The van der Waals surface area contributed by atoms with Gasteiger partial charge in [0.15, 0.2) is 0 Å². The predicted molar refractivity (Wildman–Crippen MR) is 58.9 cm³/mol. The minimum atomic E-state index is -2.80. The van der Waals surface area contributed by atoms with Crippen LogP contribution in [0, 0.1) is 0 Å². The van der Waals surface area contributed by atoms with Gasteiger partial charge in [0.2, 0.25) is 0 Å². The van der Waals surface area contributed by atoms with Gasteiger partial charge in [-0.3, -0.25) is 4.57 Å². The van der Waals surface area contributed by atoms with Crippen LogP contribution in [-0.4, -0.2) is 44.9 Å². The minimum Gasteiger partial charge on any atom is -0.309 e. The molecule has 0 aromatic carbocycles. The van der Waals surface area contributed by atoms with Crippen molar-refractivity contribution in [3.63, 3.8) is 0 Å². The highest BCUT2D eigenvalue weighted by Gasteiger charge is 2.22. The molecule has 0 atom stereocenters. The summed E-state index contributed by atoms with van der Waals surface area (Å²) in [5, 5.41) is 0. The Bertz CT molecular complexity index is 175. The average Bonchev–Trinajstić information content (AvgIpc) is 2.03. The van der Waals surface area contributed by atoms with E-state index in [0.717, 1.165) is 13.0 Å². The molecule has 14 heavy (non-hydrogen) atoms. The van der Waals surface area contributed by atoms with E-state index in [2.05, 4.69) is 4.90 Å². The third-order valence-electron chi connectivity index (χ3n) is 1.69. The molecule has 0 aromatic rings. The molecule has 0 aromatic heterocycles. The maximum absolute atomic E-state index is 11.9. The normalized spacial score (nSPS) is 12.4. The summed E-state index contributed by atoms with van der Waals surface area (Å²) in [7, 11) is 1.18. The van der Waals surface area contributed by atoms with Crippen molar-refractivity contribution in [1.82, 2.24) is 4.90 Å². The second kappa shape index (κ2) is 7.41. The summed E-state index contributed by atoms with van der Waals surface area (Å²) in [5.41, 5.74) is 0. The Hall–Kier alpha value is 0.110. The van der Waals surface area contributed by atoms with Crippen LogP contribution in [0.4, 0.5) is 0 Å². The van der Waals surface area contributed by atoms with Gasteiger partial charge in [0.1, 0.15) is 0 Å². The van der Waals surface area contributed by atoms with Crippen LogP contribution in [0.3, 0.4) is 0 Å². The van der Waals surface area contributed by atoms with Crippen LogP contribution < -0.4 is 0 Å². The monoisotopic (exact) mass is 223 g/mol. The first-order valence-electron chi connectivity index (χ1n) is 5.07. The number of hydrogen-bond acceptors (Lipinski definition) is 4. The molecule has 4 nitrogen and oxygen atoms in total. The molecule has 0 unspecified atom stereocenters. The molecular weight excluding hydrogens is 201 g/mol. The van der Waals surface area contributed by atoms with Gasteiger partial charge in [0.05, 0.1) is 19.4 Å². The fourth-order valence-electron chi connectivity index (χ4n) is 1.14. The van der Waals surface area contributed by atoms with E-state index in [9.17, 15) is 4.57 Å². The Morgan fingerprint density at radius 1 is 1.14 bits per heavy atom. The standard InChI is InChI=1S/C9H22NO3P/c1-5-12-14(11,13-6-2)9-7-8-10(3)4/h5-9H2,1-4H3. The van der Waals surface area contributed by atoms with Crippen molar-refractivity contribution in [1.29, 1.82) is 0 Å². The summed E-state index contributed by atoms with van der Waals surface area (Å²) in [6, 6.07) is 0. The second-order valence-corrected chi connectivity index (χ2v) is 5.51. The van der Waals surface area contributed by atoms with Crippen LogP contribution in [0.2, 0.25) is 0 Å². The van der Waals surface area contributed by atoms with E-state index in [1.807, 2.05) is 27.9 Å². The summed E-state index contributed by atoms with van der Waals surface area (Å²) >= 11 is 0. The smallest absolute Gasteiger partial charge is 0.309 e. The predicted octanol–water partition coefficient (Wildman–Crippen LogP) is 2.20. The zero-order valence-electron chi connectivity index (χ0n) is 9.65. The summed E-state index contributed by atoms with van der Waals surface area (Å²) < 4.78 is 22.3. The topological polar surface area (TPSA) is 38.8 Å². The lowest BCUT2D eigenvalue weighted by Crippen LogP contribution is -2.14. The van der Waals surface area contributed by atoms with Gasteiger partial charge >= 0.3 is 7.60 Å². The molecule has 0 saturated carbocycles. The quantitative estimate of drug-likeness (QED) is 0.591. The lowest BCUT2D eigenvalue weighted by molar-refractivity contribution is 0.218. The van der Waals surface area contributed by atoms with Crippen molar-refractivity contribution < 1.29 is 13.6 Å². The van der Waals surface area contributed by atoms with Crippen LogP contribution in [0.25, 0.3) is 0 Å². The highest BCUT2D eigenvalue weighted by molar-refractivity contribution is 7.53. The molecule has 0 heterocycles. The maximum Gasteiger partial charge on any atom is 0.330 e. The van der Waals surface area contributed by atoms with E-state index < -0.39 is 7.60 Å². The van der Waals surface area contributed by atoms with E-state index >= 15 is 0 Å². The first-order valence-corrected chi connectivity index (χ1v) is 6.79. The van der Waals surface area contributed by atoms with Gasteiger partial charge in [-0.2, -0.15) is 0 Å². The summed E-state index contributed by atoms with van der Waals surface area (Å²) in [4.78, 5) is 2.06. The number of rotatable bonds is 8. The highest BCUT2D eigenvalue weighted by atomic mass is 31.2. The Kier molecular flexibility index (Phi) is 7.47. The molecule has 5 heteroatoms. The Morgan fingerprint density at radius 2 is 1.64 bits per heavy atom. The fraction of sp³-hybridized carbons (Fsp3) is 1.00. The first-order chi connectivity index (χ1) is 6.54. The molecule has 0 aliphatic rings. The van der Waals surface area contributed by atoms with Crippen LogP contribution in [0.1, 0.15) is 20.3 Å². The third kappa shape index (κ3) is 6.55. The molecule has 0 amide bonds. The Balaban J connectivity index is 3.90. The van der Waals surface area contributed by atoms with Crippen molar-refractivity contribution in [2.45, 2.75) is 20.3 Å². The molecule has 0 saturated heterocycles. The van der Waals surface area contributed by atoms with Gasteiger partial charge in [-0.1, -0.05) is 0 Å². The lowest BCUT2D eigenvalue weighted by atomic mass is 10.5. The van der Waals surface area contributed by atoms with Crippen molar-refractivity contribution in [3.05, 3.63) is 0 Å². The average molecular weight is 223 g/mol. The van der Waals surface area contributed by atoms with E-state index in [-0.39, 0.29) is 0 Å². The largest absolute Gasteiger partial charge is 0.330 e. The van der Waals surface area contributed by atoms with Gasteiger partial charge in [-0.15, -0.1) is 0 Å². The lowest BCUT2D eigenvalue weighted by Gasteiger charge is -2.17. The van der Waals surface area contributed by atoms with E-state index in [1.165, 1.54) is 0 Å². The minimum absolute atomic E-state index is 0.444. The molecule has 0 aliphatic carbocycles. The van der Waals surface area contributed by atoms with Crippen LogP contribution in [-0.2, 0) is 13.6 Å². The van der Waals surface area contributed by atoms with Gasteiger partial charge in [0, 0.05) is 0 Å². The zero-order chi connectivity index (χ0) is 11.0. The van der Waals surface area contributed by atoms with Crippen LogP contribution in [0.5, 0.6) is 0 Å². The van der Waals surface area contributed by atoms with Crippen molar-refractivity contribution in [2.24, 2.45) is 0 Å². The van der Waals surface area contributed by atoms with Gasteiger partial charge in [-0.05, 0) is 40.9 Å². The molecule has 0 radical (unpaired) electrons. The fourth-order valence-corrected chi connectivity index (χ4v) is 2.79. The Labute approximate surface area is 87.1 Å². The van der Waals surface area contributed by atoms with E-state index in [0.29, 0.717) is 19.4 Å². The molecule has 0 rings (SSSR count). The van der Waals surface area contributed by atoms with Gasteiger partial charge < -0.3 is 13.9 Å².